The van der Waals surface area contributed by atoms with Crippen molar-refractivity contribution in [3.8, 4) is 11.1 Å². The largest absolute Gasteiger partial charge is 0.207 e. The van der Waals surface area contributed by atoms with Crippen molar-refractivity contribution in [3.05, 3.63) is 59.9 Å². The van der Waals surface area contributed by atoms with Crippen LogP contribution in [0.4, 0.5) is 4.39 Å². The number of benzene rings is 2. The van der Waals surface area contributed by atoms with Gasteiger partial charge in [0.05, 0.1) is 0 Å². The molecule has 0 N–H and O–H groups in total. The van der Waals surface area contributed by atoms with E-state index in [2.05, 4.69) is 31.2 Å². The third-order valence-electron chi connectivity index (χ3n) is 5.39. The molecule has 0 saturated carbocycles. The Bertz CT molecular complexity index is 609. The number of halogens is 1. The molecule has 0 amide bonds. The maximum atomic E-state index is 13.0. The van der Waals surface area contributed by atoms with Crippen molar-refractivity contribution in [2.24, 2.45) is 5.92 Å². The summed E-state index contributed by atoms with van der Waals surface area (Å²) >= 11 is 0. The van der Waals surface area contributed by atoms with Crippen LogP contribution in [0.5, 0.6) is 0 Å². The lowest BCUT2D eigenvalue weighted by atomic mass is 9.93. The molecule has 0 aromatic heterocycles. The van der Waals surface area contributed by atoms with E-state index in [1.54, 1.807) is 12.1 Å². The quantitative estimate of drug-likeness (QED) is 0.511. The first-order chi connectivity index (χ1) is 11.7. The zero-order chi connectivity index (χ0) is 16.8. The maximum Gasteiger partial charge on any atom is 0.123 e. The summed E-state index contributed by atoms with van der Waals surface area (Å²) in [7, 11) is 0.0209. The Kier molecular flexibility index (Phi) is 6.25. The van der Waals surface area contributed by atoms with Gasteiger partial charge in [0, 0.05) is 8.80 Å². The first kappa shape index (κ1) is 17.4. The van der Waals surface area contributed by atoms with Crippen molar-refractivity contribution in [2.75, 3.05) is 0 Å². The van der Waals surface area contributed by atoms with Crippen LogP contribution < -0.4 is 0 Å². The predicted molar refractivity (Wildman–Crippen MR) is 103 cm³/mol. The molecule has 0 spiro atoms. The van der Waals surface area contributed by atoms with E-state index < -0.39 is 0 Å². The Morgan fingerprint density at radius 3 is 2.08 bits per heavy atom. The van der Waals surface area contributed by atoms with Crippen molar-refractivity contribution < 1.29 is 4.39 Å². The second-order valence-corrected chi connectivity index (χ2v) is 10.2. The summed E-state index contributed by atoms with van der Waals surface area (Å²) in [4.78, 5) is 0. The zero-order valence-corrected chi connectivity index (χ0v) is 15.7. The van der Waals surface area contributed by atoms with Gasteiger partial charge in [-0.3, -0.25) is 0 Å². The van der Waals surface area contributed by atoms with Crippen LogP contribution in [0.3, 0.4) is 0 Å². The summed E-state index contributed by atoms with van der Waals surface area (Å²) < 4.78 is 13.0. The molecule has 0 atom stereocenters. The molecule has 1 saturated heterocycles. The number of hydrogen-bond donors (Lipinski definition) is 0. The smallest absolute Gasteiger partial charge is 0.123 e. The fraction of sp³-hybridized carbons (Fsp3) is 0.455. The standard InChI is InChI=1S/C22H28FSi/c1-2-15-24-16-13-19(14-17-24)4-3-18-5-7-20(8-6-18)21-9-11-22(23)12-10-21/h5-12,19H,2-4,13-17H2,1H3. The van der Waals surface area contributed by atoms with Gasteiger partial charge < -0.3 is 0 Å². The molecule has 2 heteroatoms. The van der Waals surface area contributed by atoms with Gasteiger partial charge in [0.25, 0.3) is 0 Å². The van der Waals surface area contributed by atoms with Crippen LogP contribution in [-0.4, -0.2) is 8.80 Å². The lowest BCUT2D eigenvalue weighted by molar-refractivity contribution is 0.437. The van der Waals surface area contributed by atoms with E-state index in [1.807, 2.05) is 12.1 Å². The Labute approximate surface area is 147 Å². The average molecular weight is 340 g/mol. The Morgan fingerprint density at radius 2 is 1.50 bits per heavy atom. The molecule has 0 unspecified atom stereocenters. The SMILES string of the molecule is CCC[Si]1CCC(CCc2ccc(-c3ccc(F)cc3)cc2)CC1. The molecule has 0 bridgehead atoms. The van der Waals surface area contributed by atoms with Crippen LogP contribution in [0, 0.1) is 11.7 Å². The maximum absolute atomic E-state index is 13.0. The van der Waals surface area contributed by atoms with Gasteiger partial charge in [0.1, 0.15) is 5.82 Å². The minimum Gasteiger partial charge on any atom is -0.207 e. The van der Waals surface area contributed by atoms with E-state index >= 15 is 0 Å². The van der Waals surface area contributed by atoms with Crippen LogP contribution >= 0.6 is 0 Å². The van der Waals surface area contributed by atoms with Gasteiger partial charge in [-0.2, -0.15) is 0 Å². The van der Waals surface area contributed by atoms with Crippen molar-refractivity contribution in [1.29, 1.82) is 0 Å². The molecule has 1 aliphatic rings. The van der Waals surface area contributed by atoms with Crippen LogP contribution in [0.15, 0.2) is 48.5 Å². The molecule has 127 valence electrons. The van der Waals surface area contributed by atoms with Crippen LogP contribution in [0.1, 0.15) is 38.2 Å². The van der Waals surface area contributed by atoms with Gasteiger partial charge in [-0.15, -0.1) is 0 Å². The summed E-state index contributed by atoms with van der Waals surface area (Å²) in [5.74, 6) is 0.777. The van der Waals surface area contributed by atoms with Crippen molar-refractivity contribution >= 4 is 8.80 Å². The van der Waals surface area contributed by atoms with Crippen LogP contribution in [0.2, 0.25) is 18.1 Å². The third kappa shape index (κ3) is 4.79. The molecule has 0 aliphatic carbocycles. The predicted octanol–water partition coefficient (Wildman–Crippen LogP) is 6.74. The van der Waals surface area contributed by atoms with Crippen molar-refractivity contribution in [1.82, 2.24) is 0 Å². The summed E-state index contributed by atoms with van der Waals surface area (Å²) in [5, 5.41) is 0. The number of hydrogen-bond acceptors (Lipinski definition) is 0. The highest BCUT2D eigenvalue weighted by Crippen LogP contribution is 2.31. The third-order valence-corrected chi connectivity index (χ3v) is 8.59. The normalized spacial score (nSPS) is 16.4. The number of rotatable bonds is 6. The summed E-state index contributed by atoms with van der Waals surface area (Å²) in [6.07, 6.45) is 6.88. The van der Waals surface area contributed by atoms with Gasteiger partial charge in [-0.05, 0) is 47.6 Å². The highest BCUT2D eigenvalue weighted by Gasteiger charge is 2.21. The topological polar surface area (TPSA) is 0 Å². The van der Waals surface area contributed by atoms with Gasteiger partial charge in [-0.25, -0.2) is 4.39 Å². The zero-order valence-electron chi connectivity index (χ0n) is 14.7. The molecular formula is C22H28FSi. The minimum atomic E-state index is -0.175. The average Bonchev–Trinajstić information content (AvgIpc) is 2.63. The first-order valence-electron chi connectivity index (χ1n) is 9.43. The number of aryl methyl sites for hydroxylation is 1. The lowest BCUT2D eigenvalue weighted by Gasteiger charge is -2.27. The fourth-order valence-electron chi connectivity index (χ4n) is 3.86. The molecule has 2 aromatic carbocycles. The highest BCUT2D eigenvalue weighted by molar-refractivity contribution is 6.58. The minimum absolute atomic E-state index is 0.0209. The van der Waals surface area contributed by atoms with Crippen LogP contribution in [0.25, 0.3) is 11.1 Å². The molecule has 1 aliphatic heterocycles. The summed E-state index contributed by atoms with van der Waals surface area (Å²) in [6.45, 7) is 2.33. The molecule has 1 heterocycles. The first-order valence-corrected chi connectivity index (χ1v) is 11.5. The van der Waals surface area contributed by atoms with E-state index in [9.17, 15) is 4.39 Å². The van der Waals surface area contributed by atoms with Gasteiger partial charge >= 0.3 is 0 Å². The lowest BCUT2D eigenvalue weighted by Crippen LogP contribution is -2.21. The monoisotopic (exact) mass is 339 g/mol. The Balaban J connectivity index is 1.49. The van der Waals surface area contributed by atoms with Gasteiger partial charge in [0.15, 0.2) is 0 Å². The molecule has 1 fully saturated rings. The van der Waals surface area contributed by atoms with Gasteiger partial charge in [0.2, 0.25) is 0 Å². The van der Waals surface area contributed by atoms with E-state index in [4.69, 9.17) is 0 Å². The molecule has 1 radical (unpaired) electrons. The Morgan fingerprint density at radius 1 is 0.917 bits per heavy atom. The van der Waals surface area contributed by atoms with Crippen molar-refractivity contribution in [2.45, 2.75) is 57.2 Å². The molecular weight excluding hydrogens is 311 g/mol. The summed E-state index contributed by atoms with van der Waals surface area (Å²) in [5.41, 5.74) is 3.69. The summed E-state index contributed by atoms with van der Waals surface area (Å²) in [6, 6.07) is 20.2. The molecule has 2 aromatic rings. The van der Waals surface area contributed by atoms with E-state index in [0.29, 0.717) is 0 Å². The van der Waals surface area contributed by atoms with Crippen LogP contribution in [-0.2, 0) is 6.42 Å². The van der Waals surface area contributed by atoms with E-state index in [-0.39, 0.29) is 14.6 Å². The molecule has 24 heavy (non-hydrogen) atoms. The fourth-order valence-corrected chi connectivity index (χ4v) is 6.95. The van der Waals surface area contributed by atoms with Gasteiger partial charge in [-0.1, -0.05) is 80.7 Å². The molecule has 0 nitrogen and oxygen atoms in total. The second-order valence-electron chi connectivity index (χ2n) is 7.19. The van der Waals surface area contributed by atoms with Crippen molar-refractivity contribution in [3.63, 3.8) is 0 Å². The van der Waals surface area contributed by atoms with E-state index in [1.165, 1.54) is 61.4 Å². The highest BCUT2D eigenvalue weighted by atomic mass is 28.3. The molecule has 3 rings (SSSR count). The van der Waals surface area contributed by atoms with E-state index in [0.717, 1.165) is 11.5 Å². The Hall–Kier alpha value is -1.41. The second kappa shape index (κ2) is 8.62.